The van der Waals surface area contributed by atoms with Crippen molar-refractivity contribution in [3.8, 4) is 0 Å². The summed E-state index contributed by atoms with van der Waals surface area (Å²) in [5.41, 5.74) is 17.3. The molecule has 6 heteroatoms. The first-order chi connectivity index (χ1) is 6.57. The van der Waals surface area contributed by atoms with Gasteiger partial charge in [0, 0.05) is 6.07 Å². The maximum absolute atomic E-state index is 10.5. The van der Waals surface area contributed by atoms with E-state index in [1.54, 1.807) is 6.07 Å². The summed E-state index contributed by atoms with van der Waals surface area (Å²) in [5, 5.41) is 10.5. The molecule has 0 saturated heterocycles. The lowest BCUT2D eigenvalue weighted by atomic mass is 10.1. The molecule has 0 aliphatic rings. The molecular formula is C8H12N4O2. The van der Waals surface area contributed by atoms with Crippen LogP contribution in [0.15, 0.2) is 12.1 Å². The van der Waals surface area contributed by atoms with Gasteiger partial charge < -0.3 is 17.2 Å². The molecule has 0 aliphatic heterocycles. The summed E-state index contributed by atoms with van der Waals surface area (Å²) in [7, 11) is 0. The topological polar surface area (TPSA) is 121 Å². The third-order valence-corrected chi connectivity index (χ3v) is 1.96. The normalized spacial score (nSPS) is 10.1. The lowest BCUT2D eigenvalue weighted by Gasteiger charge is -2.06. The largest absolute Gasteiger partial charge is 0.397 e. The van der Waals surface area contributed by atoms with Crippen LogP contribution in [0, 0.1) is 10.1 Å². The van der Waals surface area contributed by atoms with E-state index in [0.717, 1.165) is 5.56 Å². The van der Waals surface area contributed by atoms with Gasteiger partial charge in [0.15, 0.2) is 0 Å². The van der Waals surface area contributed by atoms with Gasteiger partial charge in [-0.05, 0) is 24.6 Å². The van der Waals surface area contributed by atoms with Crippen molar-refractivity contribution in [1.29, 1.82) is 0 Å². The summed E-state index contributed by atoms with van der Waals surface area (Å²) in [4.78, 5) is 9.93. The van der Waals surface area contributed by atoms with E-state index in [9.17, 15) is 10.1 Å². The van der Waals surface area contributed by atoms with Gasteiger partial charge in [0.2, 0.25) is 0 Å². The molecule has 0 unspecified atom stereocenters. The van der Waals surface area contributed by atoms with Crippen molar-refractivity contribution in [1.82, 2.24) is 0 Å². The second-order valence-electron chi connectivity index (χ2n) is 2.87. The van der Waals surface area contributed by atoms with Crippen molar-refractivity contribution in [2.24, 2.45) is 5.73 Å². The number of rotatable bonds is 3. The molecule has 1 rings (SSSR count). The molecule has 1 aromatic carbocycles. The fraction of sp³-hybridized carbons (Fsp3) is 0.250. The van der Waals surface area contributed by atoms with Gasteiger partial charge in [0.05, 0.1) is 10.6 Å². The highest BCUT2D eigenvalue weighted by molar-refractivity contribution is 5.77. The lowest BCUT2D eigenvalue weighted by Crippen LogP contribution is -2.08. The molecule has 0 aromatic heterocycles. The van der Waals surface area contributed by atoms with Crippen molar-refractivity contribution < 1.29 is 4.92 Å². The zero-order valence-electron chi connectivity index (χ0n) is 7.56. The number of nitrogens with zero attached hydrogens (tertiary/aromatic N) is 1. The third kappa shape index (κ3) is 1.74. The summed E-state index contributed by atoms with van der Waals surface area (Å²) in [6.45, 7) is 0.432. The van der Waals surface area contributed by atoms with Crippen LogP contribution >= 0.6 is 0 Å². The number of nitrogens with two attached hydrogens (primary N) is 3. The first kappa shape index (κ1) is 10.3. The second-order valence-corrected chi connectivity index (χ2v) is 2.87. The van der Waals surface area contributed by atoms with Gasteiger partial charge in [0.25, 0.3) is 5.69 Å². The van der Waals surface area contributed by atoms with E-state index in [2.05, 4.69) is 0 Å². The van der Waals surface area contributed by atoms with Crippen LogP contribution < -0.4 is 17.2 Å². The van der Waals surface area contributed by atoms with Gasteiger partial charge in [-0.1, -0.05) is 0 Å². The Hall–Kier alpha value is -1.82. The molecule has 0 amide bonds. The van der Waals surface area contributed by atoms with Crippen molar-refractivity contribution in [3.63, 3.8) is 0 Å². The Kier molecular flexibility index (Phi) is 2.88. The fourth-order valence-corrected chi connectivity index (χ4v) is 1.20. The number of anilines is 2. The van der Waals surface area contributed by atoms with Crippen LogP contribution in [0.4, 0.5) is 17.1 Å². The summed E-state index contributed by atoms with van der Waals surface area (Å²) < 4.78 is 0. The predicted molar refractivity (Wildman–Crippen MR) is 54.7 cm³/mol. The van der Waals surface area contributed by atoms with Crippen molar-refractivity contribution in [3.05, 3.63) is 27.8 Å². The van der Waals surface area contributed by atoms with Crippen molar-refractivity contribution >= 4 is 17.1 Å². The quantitative estimate of drug-likeness (QED) is 0.363. The van der Waals surface area contributed by atoms with E-state index in [1.165, 1.54) is 6.07 Å². The van der Waals surface area contributed by atoms with Crippen LogP contribution in [0.2, 0.25) is 0 Å². The molecular weight excluding hydrogens is 184 g/mol. The summed E-state index contributed by atoms with van der Waals surface area (Å²) in [6, 6.07) is 2.92. The average Bonchev–Trinajstić information content (AvgIpc) is 2.13. The smallest absolute Gasteiger partial charge is 0.294 e. The van der Waals surface area contributed by atoms with Gasteiger partial charge in [-0.3, -0.25) is 10.1 Å². The highest BCUT2D eigenvalue weighted by atomic mass is 16.6. The van der Waals surface area contributed by atoms with Gasteiger partial charge in [0.1, 0.15) is 5.69 Å². The summed E-state index contributed by atoms with van der Waals surface area (Å²) >= 11 is 0. The minimum absolute atomic E-state index is 0.0148. The maximum Gasteiger partial charge on any atom is 0.294 e. The molecule has 6 nitrogen and oxygen atoms in total. The van der Waals surface area contributed by atoms with E-state index in [4.69, 9.17) is 17.2 Å². The van der Waals surface area contributed by atoms with Crippen molar-refractivity contribution in [2.75, 3.05) is 18.0 Å². The Bertz CT molecular complexity index is 365. The molecule has 0 atom stereocenters. The number of benzene rings is 1. The molecule has 0 aliphatic carbocycles. The average molecular weight is 196 g/mol. The van der Waals surface area contributed by atoms with Gasteiger partial charge in [-0.25, -0.2) is 0 Å². The molecule has 0 bridgehead atoms. The lowest BCUT2D eigenvalue weighted by molar-refractivity contribution is -0.383. The monoisotopic (exact) mass is 196 g/mol. The number of nitrogen functional groups attached to an aromatic ring is 2. The van der Waals surface area contributed by atoms with E-state index >= 15 is 0 Å². The van der Waals surface area contributed by atoms with Gasteiger partial charge >= 0.3 is 0 Å². The summed E-state index contributed by atoms with van der Waals surface area (Å²) in [6.07, 6.45) is 0.564. The van der Waals surface area contributed by atoms with Crippen molar-refractivity contribution in [2.45, 2.75) is 6.42 Å². The summed E-state index contributed by atoms with van der Waals surface area (Å²) in [5.74, 6) is 0. The predicted octanol–water partition coefficient (Wildman–Crippen LogP) is 0.260. The standard InChI is InChI=1S/C8H12N4O2/c9-4-3-5-1-2-6(12(13)14)8(11)7(5)10/h1-2H,3-4,9-11H2. The van der Waals surface area contributed by atoms with E-state index < -0.39 is 4.92 Å². The third-order valence-electron chi connectivity index (χ3n) is 1.96. The van der Waals surface area contributed by atoms with E-state index in [1.807, 2.05) is 0 Å². The van der Waals surface area contributed by atoms with Gasteiger partial charge in [-0.15, -0.1) is 0 Å². The first-order valence-corrected chi connectivity index (χ1v) is 4.09. The highest BCUT2D eigenvalue weighted by Gasteiger charge is 2.15. The number of hydrogen-bond acceptors (Lipinski definition) is 5. The van der Waals surface area contributed by atoms with Crippen LogP contribution in [-0.4, -0.2) is 11.5 Å². The zero-order valence-corrected chi connectivity index (χ0v) is 7.56. The highest BCUT2D eigenvalue weighted by Crippen LogP contribution is 2.30. The Balaban J connectivity index is 3.19. The molecule has 0 spiro atoms. The Morgan fingerprint density at radius 2 is 1.93 bits per heavy atom. The molecule has 76 valence electrons. The van der Waals surface area contributed by atoms with Crippen LogP contribution in [-0.2, 0) is 6.42 Å². The molecule has 6 N–H and O–H groups in total. The van der Waals surface area contributed by atoms with Crippen LogP contribution in [0.1, 0.15) is 5.56 Å². The fourth-order valence-electron chi connectivity index (χ4n) is 1.20. The Morgan fingerprint density at radius 3 is 2.43 bits per heavy atom. The molecule has 14 heavy (non-hydrogen) atoms. The Labute approximate surface area is 80.8 Å². The second kappa shape index (κ2) is 3.93. The number of hydrogen-bond donors (Lipinski definition) is 3. The zero-order chi connectivity index (χ0) is 10.7. The first-order valence-electron chi connectivity index (χ1n) is 4.09. The van der Waals surface area contributed by atoms with Gasteiger partial charge in [-0.2, -0.15) is 0 Å². The molecule has 0 fully saturated rings. The minimum Gasteiger partial charge on any atom is -0.397 e. The van der Waals surface area contributed by atoms with E-state index in [-0.39, 0.29) is 17.1 Å². The Morgan fingerprint density at radius 1 is 1.29 bits per heavy atom. The molecule has 0 radical (unpaired) electrons. The van der Waals surface area contributed by atoms with E-state index in [0.29, 0.717) is 13.0 Å². The van der Waals surface area contributed by atoms with Crippen LogP contribution in [0.5, 0.6) is 0 Å². The molecule has 0 saturated carbocycles. The minimum atomic E-state index is -0.558. The van der Waals surface area contributed by atoms with Crippen LogP contribution in [0.3, 0.4) is 0 Å². The molecule has 1 aromatic rings. The number of nitro groups is 1. The van der Waals surface area contributed by atoms with Crippen LogP contribution in [0.25, 0.3) is 0 Å². The molecule has 0 heterocycles. The number of nitro benzene ring substituents is 1. The maximum atomic E-state index is 10.5. The SMILES string of the molecule is NCCc1ccc([N+](=O)[O-])c(N)c1N.